The number of hydrogen-bond acceptors (Lipinski definition) is 3. The molecule has 0 aromatic heterocycles. The Balaban J connectivity index is 1.96. The molecule has 0 fully saturated rings. The van der Waals surface area contributed by atoms with E-state index in [9.17, 15) is 0 Å². The van der Waals surface area contributed by atoms with E-state index < -0.39 is 0 Å². The highest BCUT2D eigenvalue weighted by Gasteiger charge is 1.91. The van der Waals surface area contributed by atoms with E-state index in [0.29, 0.717) is 0 Å². The summed E-state index contributed by atoms with van der Waals surface area (Å²) in [7, 11) is 1.63. The quantitative estimate of drug-likeness (QED) is 0.637. The molecule has 4 nitrogen and oxygen atoms in total. The number of hydrogen-bond donors (Lipinski definition) is 1. The lowest BCUT2D eigenvalue weighted by molar-refractivity contribution is 0.415. The average Bonchev–Trinajstić information content (AvgIpc) is 2.41. The summed E-state index contributed by atoms with van der Waals surface area (Å²) in [5, 5.41) is 7.94. The largest absolute Gasteiger partial charge is 0.497 e. The van der Waals surface area contributed by atoms with E-state index in [1.807, 2.05) is 54.6 Å². The first-order chi connectivity index (χ1) is 8.38. The SMILES string of the molecule is COc1ccc(N=NNc2ccccc2)cc1. The van der Waals surface area contributed by atoms with Gasteiger partial charge in [0.1, 0.15) is 5.75 Å². The molecule has 0 heterocycles. The average molecular weight is 227 g/mol. The fraction of sp³-hybridized carbons (Fsp3) is 0.0769. The van der Waals surface area contributed by atoms with Crippen LogP contribution in [-0.4, -0.2) is 7.11 Å². The zero-order chi connectivity index (χ0) is 11.9. The van der Waals surface area contributed by atoms with Crippen LogP contribution in [-0.2, 0) is 0 Å². The van der Waals surface area contributed by atoms with Gasteiger partial charge in [-0.15, -0.1) is 5.11 Å². The van der Waals surface area contributed by atoms with Crippen molar-refractivity contribution in [1.82, 2.24) is 0 Å². The van der Waals surface area contributed by atoms with Crippen LogP contribution in [0.3, 0.4) is 0 Å². The summed E-state index contributed by atoms with van der Waals surface area (Å²) in [5.74, 6) is 0.806. The van der Waals surface area contributed by atoms with E-state index in [0.717, 1.165) is 17.1 Å². The molecule has 0 spiro atoms. The maximum absolute atomic E-state index is 5.06. The van der Waals surface area contributed by atoms with E-state index in [4.69, 9.17) is 4.74 Å². The van der Waals surface area contributed by atoms with E-state index in [1.165, 1.54) is 0 Å². The number of nitrogens with zero attached hydrogens (tertiary/aromatic N) is 2. The maximum atomic E-state index is 5.06. The second-order valence-electron chi connectivity index (χ2n) is 3.38. The summed E-state index contributed by atoms with van der Waals surface area (Å²) < 4.78 is 5.06. The Morgan fingerprint density at radius 2 is 1.65 bits per heavy atom. The van der Waals surface area contributed by atoms with Crippen molar-refractivity contribution in [3.63, 3.8) is 0 Å². The molecule has 0 aliphatic heterocycles. The molecule has 2 aromatic carbocycles. The highest BCUT2D eigenvalue weighted by Crippen LogP contribution is 2.18. The van der Waals surface area contributed by atoms with Gasteiger partial charge in [-0.1, -0.05) is 23.4 Å². The summed E-state index contributed by atoms with van der Waals surface area (Å²) in [6, 6.07) is 17.0. The van der Waals surface area contributed by atoms with Gasteiger partial charge in [-0.2, -0.15) is 0 Å². The third-order valence-electron chi connectivity index (χ3n) is 2.19. The third kappa shape index (κ3) is 3.31. The Labute approximate surface area is 99.9 Å². The molecule has 0 saturated heterocycles. The molecule has 0 unspecified atom stereocenters. The lowest BCUT2D eigenvalue weighted by Crippen LogP contribution is -1.84. The molecule has 0 atom stereocenters. The molecule has 1 N–H and O–H groups in total. The Kier molecular flexibility index (Phi) is 3.70. The number of anilines is 1. The van der Waals surface area contributed by atoms with Crippen LogP contribution >= 0.6 is 0 Å². The van der Waals surface area contributed by atoms with Crippen molar-refractivity contribution < 1.29 is 4.74 Å². The third-order valence-corrected chi connectivity index (χ3v) is 2.19. The lowest BCUT2D eigenvalue weighted by Gasteiger charge is -1.99. The minimum Gasteiger partial charge on any atom is -0.497 e. The molecule has 0 saturated carbocycles. The zero-order valence-corrected chi connectivity index (χ0v) is 9.50. The van der Waals surface area contributed by atoms with Gasteiger partial charge in [0.05, 0.1) is 18.5 Å². The normalized spacial score (nSPS) is 10.4. The molecule has 0 aliphatic carbocycles. The van der Waals surface area contributed by atoms with Crippen molar-refractivity contribution in [2.45, 2.75) is 0 Å². The molecule has 0 radical (unpaired) electrons. The second kappa shape index (κ2) is 5.65. The van der Waals surface area contributed by atoms with E-state index in [2.05, 4.69) is 15.8 Å². The Bertz CT molecular complexity index is 480. The van der Waals surface area contributed by atoms with Gasteiger partial charge in [-0.25, -0.2) is 0 Å². The van der Waals surface area contributed by atoms with Crippen molar-refractivity contribution in [3.05, 3.63) is 54.6 Å². The van der Waals surface area contributed by atoms with Crippen LogP contribution < -0.4 is 10.2 Å². The molecule has 0 bridgehead atoms. The summed E-state index contributed by atoms with van der Waals surface area (Å²) in [5.41, 5.74) is 4.53. The van der Waals surface area contributed by atoms with Crippen LogP contribution in [0.5, 0.6) is 5.75 Å². The van der Waals surface area contributed by atoms with Crippen LogP contribution in [0.4, 0.5) is 11.4 Å². The number of benzene rings is 2. The Hall–Kier alpha value is -2.36. The maximum Gasteiger partial charge on any atom is 0.119 e. The molecule has 4 heteroatoms. The number of nitrogens with one attached hydrogen (secondary N) is 1. The molecule has 17 heavy (non-hydrogen) atoms. The van der Waals surface area contributed by atoms with Crippen molar-refractivity contribution in [1.29, 1.82) is 0 Å². The van der Waals surface area contributed by atoms with Crippen LogP contribution in [0, 0.1) is 0 Å². The van der Waals surface area contributed by atoms with Gasteiger partial charge < -0.3 is 4.74 Å². The molecule has 0 aliphatic rings. The van der Waals surface area contributed by atoms with Crippen molar-refractivity contribution in [3.8, 4) is 5.75 Å². The van der Waals surface area contributed by atoms with Gasteiger partial charge in [0, 0.05) is 0 Å². The Morgan fingerprint density at radius 3 is 2.29 bits per heavy atom. The van der Waals surface area contributed by atoms with Gasteiger partial charge in [0.25, 0.3) is 0 Å². The highest BCUT2D eigenvalue weighted by molar-refractivity contribution is 5.43. The van der Waals surface area contributed by atoms with Crippen LogP contribution in [0.2, 0.25) is 0 Å². The second-order valence-corrected chi connectivity index (χ2v) is 3.38. The first-order valence-electron chi connectivity index (χ1n) is 5.24. The van der Waals surface area contributed by atoms with Crippen LogP contribution in [0.1, 0.15) is 0 Å². The first-order valence-corrected chi connectivity index (χ1v) is 5.24. The zero-order valence-electron chi connectivity index (χ0n) is 9.50. The van der Waals surface area contributed by atoms with Gasteiger partial charge in [0.2, 0.25) is 0 Å². The topological polar surface area (TPSA) is 46.0 Å². The van der Waals surface area contributed by atoms with E-state index >= 15 is 0 Å². The standard InChI is InChI=1S/C13H13N3O/c1-17-13-9-7-12(8-10-13)15-16-14-11-5-3-2-4-6-11/h2-10H,1H3,(H,14,15). The fourth-order valence-corrected chi connectivity index (χ4v) is 1.30. The van der Waals surface area contributed by atoms with Crippen molar-refractivity contribution >= 4 is 11.4 Å². The van der Waals surface area contributed by atoms with E-state index in [1.54, 1.807) is 7.11 Å². The number of rotatable bonds is 4. The summed E-state index contributed by atoms with van der Waals surface area (Å²) in [4.78, 5) is 0. The number of ether oxygens (including phenoxy) is 1. The predicted molar refractivity (Wildman–Crippen MR) is 67.6 cm³/mol. The molecule has 86 valence electrons. The number of methoxy groups -OCH3 is 1. The monoisotopic (exact) mass is 227 g/mol. The van der Waals surface area contributed by atoms with E-state index in [-0.39, 0.29) is 0 Å². The van der Waals surface area contributed by atoms with Crippen molar-refractivity contribution in [2.24, 2.45) is 10.3 Å². The first kappa shape index (κ1) is 11.1. The summed E-state index contributed by atoms with van der Waals surface area (Å²) in [6.07, 6.45) is 0. The molecule has 0 amide bonds. The molecule has 2 aromatic rings. The summed E-state index contributed by atoms with van der Waals surface area (Å²) >= 11 is 0. The van der Waals surface area contributed by atoms with Gasteiger partial charge in [-0.05, 0) is 36.4 Å². The van der Waals surface area contributed by atoms with Gasteiger partial charge >= 0.3 is 0 Å². The molecule has 2 rings (SSSR count). The summed E-state index contributed by atoms with van der Waals surface area (Å²) in [6.45, 7) is 0. The minimum atomic E-state index is 0.772. The van der Waals surface area contributed by atoms with Crippen LogP contribution in [0.25, 0.3) is 0 Å². The van der Waals surface area contributed by atoms with Crippen molar-refractivity contribution in [2.75, 3.05) is 12.5 Å². The van der Waals surface area contributed by atoms with Gasteiger partial charge in [-0.3, -0.25) is 5.43 Å². The lowest BCUT2D eigenvalue weighted by atomic mass is 10.3. The molecular weight excluding hydrogens is 214 g/mol. The smallest absolute Gasteiger partial charge is 0.119 e. The predicted octanol–water partition coefficient (Wildman–Crippen LogP) is 3.81. The Morgan fingerprint density at radius 1 is 0.941 bits per heavy atom. The highest BCUT2D eigenvalue weighted by atomic mass is 16.5. The van der Waals surface area contributed by atoms with Gasteiger partial charge in [0.15, 0.2) is 0 Å². The number of para-hydroxylation sites is 1. The minimum absolute atomic E-state index is 0.772. The fourth-order valence-electron chi connectivity index (χ4n) is 1.30. The molecular formula is C13H13N3O. The van der Waals surface area contributed by atoms with Crippen LogP contribution in [0.15, 0.2) is 64.9 Å².